The molecule has 1 rings (SSSR count). The number of hydrogen-bond donors (Lipinski definition) is 1. The van der Waals surface area contributed by atoms with Crippen LogP contribution in [0.15, 0.2) is 12.7 Å². The minimum atomic E-state index is 0.495. The predicted octanol–water partition coefficient (Wildman–Crippen LogP) is 3.61. The van der Waals surface area contributed by atoms with Crippen LogP contribution in [0.3, 0.4) is 0 Å². The van der Waals surface area contributed by atoms with Gasteiger partial charge in [0, 0.05) is 6.04 Å². The minimum absolute atomic E-state index is 0.495. The Labute approximate surface area is 95.3 Å². The molecule has 1 saturated carbocycles. The monoisotopic (exact) mass is 209 g/mol. The van der Waals surface area contributed by atoms with E-state index in [0.717, 1.165) is 12.3 Å². The molecule has 1 atom stereocenters. The number of nitrogens with one attached hydrogen (secondary N) is 1. The van der Waals surface area contributed by atoms with Crippen LogP contribution in [0.2, 0.25) is 0 Å². The maximum Gasteiger partial charge on any atom is 0.0103 e. The molecule has 1 fully saturated rings. The van der Waals surface area contributed by atoms with Gasteiger partial charge in [-0.3, -0.25) is 0 Å². The molecular weight excluding hydrogens is 182 g/mol. The van der Waals surface area contributed by atoms with Crippen molar-refractivity contribution < 1.29 is 0 Å². The van der Waals surface area contributed by atoms with Gasteiger partial charge in [0.15, 0.2) is 0 Å². The summed E-state index contributed by atoms with van der Waals surface area (Å²) < 4.78 is 0. The highest BCUT2D eigenvalue weighted by atomic mass is 14.9. The van der Waals surface area contributed by atoms with E-state index in [0.29, 0.717) is 16.9 Å². The first kappa shape index (κ1) is 12.8. The largest absolute Gasteiger partial charge is 0.317 e. The van der Waals surface area contributed by atoms with Gasteiger partial charge in [-0.25, -0.2) is 0 Å². The Bertz CT molecular complexity index is 213. The van der Waals surface area contributed by atoms with Crippen molar-refractivity contribution in [3.63, 3.8) is 0 Å². The SMILES string of the molecule is C=CCCCC(NC)C1C(C)(C)C1(C)C. The first-order chi connectivity index (χ1) is 6.89. The first-order valence-electron chi connectivity index (χ1n) is 6.17. The van der Waals surface area contributed by atoms with Crippen LogP contribution >= 0.6 is 0 Å². The molecule has 1 unspecified atom stereocenters. The summed E-state index contributed by atoms with van der Waals surface area (Å²) >= 11 is 0. The molecule has 0 radical (unpaired) electrons. The highest BCUT2D eigenvalue weighted by molar-refractivity contribution is 5.16. The van der Waals surface area contributed by atoms with Crippen molar-refractivity contribution in [1.29, 1.82) is 0 Å². The molecule has 15 heavy (non-hydrogen) atoms. The van der Waals surface area contributed by atoms with Gasteiger partial charge >= 0.3 is 0 Å². The molecule has 0 aromatic carbocycles. The van der Waals surface area contributed by atoms with Crippen LogP contribution in [-0.4, -0.2) is 13.1 Å². The lowest BCUT2D eigenvalue weighted by atomic mass is 9.99. The molecule has 1 nitrogen and oxygen atoms in total. The Morgan fingerprint density at radius 2 is 1.80 bits per heavy atom. The van der Waals surface area contributed by atoms with Crippen molar-refractivity contribution >= 4 is 0 Å². The second-order valence-corrected chi connectivity index (χ2v) is 6.04. The topological polar surface area (TPSA) is 12.0 Å². The normalized spacial score (nSPS) is 24.9. The lowest BCUT2D eigenvalue weighted by Crippen LogP contribution is -2.30. The Kier molecular flexibility index (Phi) is 3.65. The molecule has 0 aromatic rings. The van der Waals surface area contributed by atoms with Gasteiger partial charge in [-0.2, -0.15) is 0 Å². The third kappa shape index (κ3) is 2.13. The Hall–Kier alpha value is -0.300. The standard InChI is InChI=1S/C14H27N/c1-7-8-9-10-11(15-6)12-13(2,3)14(12,4)5/h7,11-12,15H,1,8-10H2,2-6H3. The van der Waals surface area contributed by atoms with Crippen molar-refractivity contribution in [2.24, 2.45) is 16.7 Å². The lowest BCUT2D eigenvalue weighted by Gasteiger charge is -2.18. The fourth-order valence-electron chi connectivity index (χ4n) is 3.21. The van der Waals surface area contributed by atoms with Gasteiger partial charge in [0.2, 0.25) is 0 Å². The minimum Gasteiger partial charge on any atom is -0.317 e. The smallest absolute Gasteiger partial charge is 0.0103 e. The zero-order valence-electron chi connectivity index (χ0n) is 11.1. The van der Waals surface area contributed by atoms with Gasteiger partial charge in [-0.05, 0) is 43.1 Å². The highest BCUT2D eigenvalue weighted by Gasteiger charge is 2.66. The first-order valence-corrected chi connectivity index (χ1v) is 6.17. The molecule has 0 amide bonds. The quantitative estimate of drug-likeness (QED) is 0.520. The van der Waals surface area contributed by atoms with Gasteiger partial charge in [-0.15, -0.1) is 6.58 Å². The molecule has 0 heterocycles. The van der Waals surface area contributed by atoms with E-state index in [1.807, 2.05) is 6.08 Å². The molecule has 88 valence electrons. The van der Waals surface area contributed by atoms with Gasteiger partial charge in [0.05, 0.1) is 0 Å². The maximum absolute atomic E-state index is 3.78. The number of hydrogen-bond acceptors (Lipinski definition) is 1. The summed E-state index contributed by atoms with van der Waals surface area (Å²) in [4.78, 5) is 0. The van der Waals surface area contributed by atoms with Crippen molar-refractivity contribution in [1.82, 2.24) is 5.32 Å². The van der Waals surface area contributed by atoms with Crippen LogP contribution in [-0.2, 0) is 0 Å². The Balaban J connectivity index is 2.51. The van der Waals surface area contributed by atoms with Crippen LogP contribution in [0.1, 0.15) is 47.0 Å². The van der Waals surface area contributed by atoms with E-state index < -0.39 is 0 Å². The fourth-order valence-corrected chi connectivity index (χ4v) is 3.21. The van der Waals surface area contributed by atoms with Crippen molar-refractivity contribution in [3.8, 4) is 0 Å². The second-order valence-electron chi connectivity index (χ2n) is 6.04. The molecule has 1 N–H and O–H groups in total. The van der Waals surface area contributed by atoms with Crippen LogP contribution in [0.5, 0.6) is 0 Å². The number of unbranched alkanes of at least 4 members (excludes halogenated alkanes) is 1. The lowest BCUT2D eigenvalue weighted by molar-refractivity contribution is 0.393. The average Bonchev–Trinajstić information content (AvgIpc) is 2.54. The fraction of sp³-hybridized carbons (Fsp3) is 0.857. The Morgan fingerprint density at radius 1 is 1.27 bits per heavy atom. The zero-order chi connectivity index (χ0) is 11.7. The predicted molar refractivity (Wildman–Crippen MR) is 67.9 cm³/mol. The summed E-state index contributed by atoms with van der Waals surface area (Å²) in [6.07, 6.45) is 5.71. The maximum atomic E-state index is 3.78. The second kappa shape index (κ2) is 4.29. The summed E-state index contributed by atoms with van der Waals surface area (Å²) in [7, 11) is 2.10. The van der Waals surface area contributed by atoms with Crippen molar-refractivity contribution in [2.75, 3.05) is 7.05 Å². The Morgan fingerprint density at radius 3 is 2.13 bits per heavy atom. The van der Waals surface area contributed by atoms with E-state index in [1.54, 1.807) is 0 Å². The third-order valence-corrected chi connectivity index (χ3v) is 4.83. The van der Waals surface area contributed by atoms with Gasteiger partial charge in [-0.1, -0.05) is 33.8 Å². The van der Waals surface area contributed by atoms with Crippen LogP contribution in [0.25, 0.3) is 0 Å². The van der Waals surface area contributed by atoms with E-state index in [9.17, 15) is 0 Å². The molecule has 1 aliphatic carbocycles. The third-order valence-electron chi connectivity index (χ3n) is 4.83. The number of rotatable bonds is 6. The van der Waals surface area contributed by atoms with Crippen LogP contribution < -0.4 is 5.32 Å². The summed E-state index contributed by atoms with van der Waals surface area (Å²) in [5.74, 6) is 0.819. The molecule has 0 aliphatic heterocycles. The van der Waals surface area contributed by atoms with E-state index in [-0.39, 0.29) is 0 Å². The van der Waals surface area contributed by atoms with Crippen molar-refractivity contribution in [3.05, 3.63) is 12.7 Å². The molecule has 0 aromatic heterocycles. The summed E-state index contributed by atoms with van der Waals surface area (Å²) in [6.45, 7) is 13.4. The average molecular weight is 209 g/mol. The van der Waals surface area contributed by atoms with E-state index in [1.165, 1.54) is 12.8 Å². The van der Waals surface area contributed by atoms with Crippen molar-refractivity contribution in [2.45, 2.75) is 53.0 Å². The summed E-state index contributed by atoms with van der Waals surface area (Å²) in [5, 5.41) is 3.50. The van der Waals surface area contributed by atoms with Gasteiger partial charge < -0.3 is 5.32 Å². The molecule has 0 bridgehead atoms. The number of allylic oxidation sites excluding steroid dienone is 1. The zero-order valence-corrected chi connectivity index (χ0v) is 11.1. The van der Waals surface area contributed by atoms with Gasteiger partial charge in [0.25, 0.3) is 0 Å². The molecule has 1 heteroatoms. The van der Waals surface area contributed by atoms with Crippen LogP contribution in [0.4, 0.5) is 0 Å². The van der Waals surface area contributed by atoms with E-state index in [4.69, 9.17) is 0 Å². The molecule has 1 aliphatic rings. The van der Waals surface area contributed by atoms with Crippen LogP contribution in [0, 0.1) is 16.7 Å². The molecular formula is C14H27N. The highest BCUT2D eigenvalue weighted by Crippen LogP contribution is 2.69. The molecule has 0 saturated heterocycles. The van der Waals surface area contributed by atoms with Gasteiger partial charge in [0.1, 0.15) is 0 Å². The summed E-state index contributed by atoms with van der Waals surface area (Å²) in [5.41, 5.74) is 0.990. The molecule has 0 spiro atoms. The summed E-state index contributed by atoms with van der Waals surface area (Å²) in [6, 6.07) is 0.676. The van der Waals surface area contributed by atoms with E-state index in [2.05, 4.69) is 46.6 Å². The van der Waals surface area contributed by atoms with E-state index >= 15 is 0 Å².